The first kappa shape index (κ1) is 22.5. The Morgan fingerprint density at radius 2 is 1.67 bits per heavy atom. The zero-order valence-electron chi connectivity index (χ0n) is 19.1. The molecule has 0 radical (unpaired) electrons. The van der Waals surface area contributed by atoms with Gasteiger partial charge in [0.05, 0.1) is 34.8 Å². The number of aliphatic hydroxyl groups excluding tert-OH is 1. The van der Waals surface area contributed by atoms with Gasteiger partial charge in [0.1, 0.15) is 5.76 Å². The van der Waals surface area contributed by atoms with E-state index in [1.165, 1.54) is 0 Å². The summed E-state index contributed by atoms with van der Waals surface area (Å²) < 4.78 is 1.71. The molecule has 2 heterocycles. The molecule has 7 heteroatoms. The molecule has 1 saturated heterocycles. The van der Waals surface area contributed by atoms with Gasteiger partial charge in [0.2, 0.25) is 0 Å². The van der Waals surface area contributed by atoms with Crippen LogP contribution in [-0.4, -0.2) is 63.6 Å². The van der Waals surface area contributed by atoms with Gasteiger partial charge in [-0.15, -0.1) is 0 Å². The molecule has 1 atom stereocenters. The van der Waals surface area contributed by atoms with E-state index in [0.717, 1.165) is 17.8 Å². The first-order valence-corrected chi connectivity index (χ1v) is 11.0. The first-order chi connectivity index (χ1) is 15.9. The van der Waals surface area contributed by atoms with E-state index in [9.17, 15) is 14.7 Å². The number of rotatable bonds is 7. The van der Waals surface area contributed by atoms with Crippen LogP contribution in [0.4, 0.5) is 0 Å². The Morgan fingerprint density at radius 3 is 2.30 bits per heavy atom. The smallest absolute Gasteiger partial charge is 0.295 e. The number of amides is 1. The van der Waals surface area contributed by atoms with Gasteiger partial charge in [-0.2, -0.15) is 5.10 Å². The number of likely N-dealkylation sites (tertiary alicyclic amines) is 1. The Bertz CT molecular complexity index is 1180. The number of ketones is 1. The van der Waals surface area contributed by atoms with Crippen molar-refractivity contribution in [3.05, 3.63) is 89.3 Å². The summed E-state index contributed by atoms with van der Waals surface area (Å²) in [6.45, 7) is 3.04. The minimum absolute atomic E-state index is 0.103. The van der Waals surface area contributed by atoms with Crippen molar-refractivity contribution in [3.63, 3.8) is 0 Å². The van der Waals surface area contributed by atoms with Crippen LogP contribution in [0.2, 0.25) is 0 Å². The highest BCUT2D eigenvalue weighted by Crippen LogP contribution is 2.39. The van der Waals surface area contributed by atoms with Crippen molar-refractivity contribution in [2.24, 2.45) is 0 Å². The van der Waals surface area contributed by atoms with Crippen molar-refractivity contribution in [2.45, 2.75) is 19.4 Å². The molecule has 1 fully saturated rings. The molecule has 1 aliphatic heterocycles. The number of benzene rings is 2. The molecule has 0 spiro atoms. The molecule has 0 aliphatic carbocycles. The second-order valence-electron chi connectivity index (χ2n) is 8.45. The Hall–Kier alpha value is -3.71. The van der Waals surface area contributed by atoms with E-state index in [-0.39, 0.29) is 11.3 Å². The van der Waals surface area contributed by atoms with Crippen LogP contribution in [0.3, 0.4) is 0 Å². The lowest BCUT2D eigenvalue weighted by Gasteiger charge is -2.25. The van der Waals surface area contributed by atoms with Crippen molar-refractivity contribution in [1.29, 1.82) is 0 Å². The average molecular weight is 445 g/mol. The Labute approximate surface area is 193 Å². The summed E-state index contributed by atoms with van der Waals surface area (Å²) in [7, 11) is 3.94. The number of nitrogens with zero attached hydrogens (tertiary/aromatic N) is 4. The number of hydrogen-bond acceptors (Lipinski definition) is 5. The lowest BCUT2D eigenvalue weighted by molar-refractivity contribution is -0.139. The second-order valence-corrected chi connectivity index (χ2v) is 8.45. The molecule has 170 valence electrons. The lowest BCUT2D eigenvalue weighted by Crippen LogP contribution is -2.32. The number of aromatic nitrogens is 2. The zero-order chi connectivity index (χ0) is 23.5. The molecule has 1 aromatic heterocycles. The van der Waals surface area contributed by atoms with Crippen LogP contribution in [0.15, 0.2) is 72.4 Å². The quantitative estimate of drug-likeness (QED) is 0.343. The number of carbonyl (C=O) groups is 2. The van der Waals surface area contributed by atoms with Crippen molar-refractivity contribution in [3.8, 4) is 5.69 Å². The summed E-state index contributed by atoms with van der Waals surface area (Å²) >= 11 is 0. The highest BCUT2D eigenvalue weighted by molar-refractivity contribution is 6.46. The van der Waals surface area contributed by atoms with Gasteiger partial charge < -0.3 is 14.9 Å². The van der Waals surface area contributed by atoms with E-state index >= 15 is 0 Å². The number of aliphatic hydroxyl groups is 1. The molecular weight excluding hydrogens is 416 g/mol. The molecule has 33 heavy (non-hydrogen) atoms. The van der Waals surface area contributed by atoms with E-state index < -0.39 is 17.7 Å². The second kappa shape index (κ2) is 9.42. The van der Waals surface area contributed by atoms with Crippen LogP contribution in [0.1, 0.15) is 29.3 Å². The van der Waals surface area contributed by atoms with Gasteiger partial charge in [0, 0.05) is 6.54 Å². The third kappa shape index (κ3) is 4.32. The largest absolute Gasteiger partial charge is 0.507 e. The van der Waals surface area contributed by atoms with Crippen LogP contribution in [0.5, 0.6) is 0 Å². The summed E-state index contributed by atoms with van der Waals surface area (Å²) in [5.41, 5.74) is 2.86. The zero-order valence-corrected chi connectivity index (χ0v) is 19.1. The molecule has 0 unspecified atom stereocenters. The molecule has 1 N–H and O–H groups in total. The highest BCUT2D eigenvalue weighted by atomic mass is 16.3. The van der Waals surface area contributed by atoms with E-state index in [1.54, 1.807) is 15.8 Å². The van der Waals surface area contributed by atoms with Crippen LogP contribution in [-0.2, 0) is 9.59 Å². The SMILES string of the molecule is Cc1c(/C(O)=C2\C(=O)C(=O)N(CCCN(C)C)[C@@H]2c2ccccc2)cnn1-c1ccccc1. The maximum atomic E-state index is 13.2. The van der Waals surface area contributed by atoms with Crippen LogP contribution >= 0.6 is 0 Å². The van der Waals surface area contributed by atoms with Gasteiger partial charge >= 0.3 is 0 Å². The Balaban J connectivity index is 1.79. The van der Waals surface area contributed by atoms with Crippen molar-refractivity contribution in [2.75, 3.05) is 27.2 Å². The van der Waals surface area contributed by atoms with Crippen LogP contribution in [0.25, 0.3) is 11.4 Å². The predicted octanol–water partition coefficient (Wildman–Crippen LogP) is 3.55. The maximum absolute atomic E-state index is 13.2. The van der Waals surface area contributed by atoms with Gasteiger partial charge in [-0.1, -0.05) is 48.5 Å². The lowest BCUT2D eigenvalue weighted by atomic mass is 9.95. The van der Waals surface area contributed by atoms with Crippen molar-refractivity contribution >= 4 is 17.4 Å². The summed E-state index contributed by atoms with van der Waals surface area (Å²) in [6.07, 6.45) is 2.26. The van der Waals surface area contributed by atoms with Gasteiger partial charge in [-0.05, 0) is 51.7 Å². The monoisotopic (exact) mass is 444 g/mol. The molecule has 7 nitrogen and oxygen atoms in total. The van der Waals surface area contributed by atoms with Gasteiger partial charge in [0.15, 0.2) is 0 Å². The molecule has 4 rings (SSSR count). The fraction of sp³-hybridized carbons (Fsp3) is 0.269. The topological polar surface area (TPSA) is 78.7 Å². The number of carbonyl (C=O) groups excluding carboxylic acids is 2. The minimum atomic E-state index is -0.668. The fourth-order valence-electron chi connectivity index (χ4n) is 4.27. The molecule has 3 aromatic rings. The molecule has 2 aromatic carbocycles. The highest BCUT2D eigenvalue weighted by Gasteiger charge is 2.46. The standard InChI is InChI=1S/C26H28N4O3/c1-18-21(17-27-30(18)20-13-8-5-9-14-20)24(31)22-23(19-11-6-4-7-12-19)29(26(33)25(22)32)16-10-15-28(2)3/h4-9,11-14,17,23,31H,10,15-16H2,1-3H3/b24-22+/t23-/m1/s1. The number of Topliss-reactive ketones (excluding diaryl/α,β-unsaturated/α-hetero) is 1. The van der Waals surface area contributed by atoms with Gasteiger partial charge in [-0.25, -0.2) is 4.68 Å². The normalized spacial score (nSPS) is 17.8. The van der Waals surface area contributed by atoms with Gasteiger partial charge in [-0.3, -0.25) is 9.59 Å². The van der Waals surface area contributed by atoms with E-state index in [2.05, 4.69) is 5.10 Å². The summed E-state index contributed by atoms with van der Waals surface area (Å²) in [6, 6.07) is 18.3. The molecule has 0 bridgehead atoms. The number of hydrogen-bond donors (Lipinski definition) is 1. The summed E-state index contributed by atoms with van der Waals surface area (Å²) in [5, 5.41) is 15.7. The third-order valence-corrected chi connectivity index (χ3v) is 5.93. The van der Waals surface area contributed by atoms with Crippen LogP contribution < -0.4 is 0 Å². The van der Waals surface area contributed by atoms with Crippen molar-refractivity contribution < 1.29 is 14.7 Å². The maximum Gasteiger partial charge on any atom is 0.295 e. The van der Waals surface area contributed by atoms with Crippen LogP contribution in [0, 0.1) is 6.92 Å². The molecule has 1 aliphatic rings. The Kier molecular flexibility index (Phi) is 6.42. The summed E-state index contributed by atoms with van der Waals surface area (Å²) in [5.74, 6) is -1.45. The van der Waals surface area contributed by atoms with E-state index in [4.69, 9.17) is 0 Å². The van der Waals surface area contributed by atoms with E-state index in [0.29, 0.717) is 24.2 Å². The van der Waals surface area contributed by atoms with Gasteiger partial charge in [0.25, 0.3) is 11.7 Å². The molecule has 1 amide bonds. The third-order valence-electron chi connectivity index (χ3n) is 5.93. The minimum Gasteiger partial charge on any atom is -0.507 e. The van der Waals surface area contributed by atoms with E-state index in [1.807, 2.05) is 86.6 Å². The summed E-state index contributed by atoms with van der Waals surface area (Å²) in [4.78, 5) is 29.8. The molecular formula is C26H28N4O3. The average Bonchev–Trinajstić information content (AvgIpc) is 3.32. The molecule has 0 saturated carbocycles. The fourth-order valence-corrected chi connectivity index (χ4v) is 4.27. The number of para-hydroxylation sites is 1. The predicted molar refractivity (Wildman–Crippen MR) is 127 cm³/mol. The first-order valence-electron chi connectivity index (χ1n) is 11.0. The van der Waals surface area contributed by atoms with Crippen molar-refractivity contribution in [1.82, 2.24) is 19.6 Å². The Morgan fingerprint density at radius 1 is 1.03 bits per heavy atom.